The maximum atomic E-state index is 5.35. The molecule has 4 N–H and O–H groups in total. The molecule has 0 aromatic rings. The highest BCUT2D eigenvalue weighted by molar-refractivity contribution is 9.11. The van der Waals surface area contributed by atoms with Crippen LogP contribution in [0.1, 0.15) is 0 Å². The van der Waals surface area contributed by atoms with Gasteiger partial charge in [-0.2, -0.15) is 0 Å². The molecule has 0 atom stereocenters. The fraction of sp³-hybridized carbons (Fsp3) is 0. The van der Waals surface area contributed by atoms with Gasteiger partial charge in [0.05, 0.1) is 0 Å². The van der Waals surface area contributed by atoms with Crippen molar-refractivity contribution in [3.8, 4) is 0 Å². The van der Waals surface area contributed by atoms with Crippen molar-refractivity contribution in [2.24, 2.45) is 5.73 Å². The Balaban J connectivity index is 2.61. The summed E-state index contributed by atoms with van der Waals surface area (Å²) in [7, 11) is 0. The van der Waals surface area contributed by atoms with Crippen LogP contribution in [0.3, 0.4) is 0 Å². The van der Waals surface area contributed by atoms with E-state index in [1.54, 1.807) is 0 Å². The molecule has 0 aliphatic carbocycles. The van der Waals surface area contributed by atoms with E-state index in [0.717, 1.165) is 10.4 Å². The summed E-state index contributed by atoms with van der Waals surface area (Å²) in [5.74, 6) is 0.812. The molecule has 0 spiro atoms. The third-order valence-electron chi connectivity index (χ3n) is 0.740. The first-order valence-corrected chi connectivity index (χ1v) is 2.76. The van der Waals surface area contributed by atoms with E-state index < -0.39 is 0 Å². The first-order chi connectivity index (χ1) is 3.29. The second-order valence-corrected chi connectivity index (χ2v) is 2.28. The molecule has 1 aliphatic heterocycles. The molecule has 0 saturated carbocycles. The van der Waals surface area contributed by atoms with E-state index in [0.29, 0.717) is 0 Å². The van der Waals surface area contributed by atoms with Crippen molar-refractivity contribution in [3.63, 3.8) is 0 Å². The number of halogens is 1. The fourth-order valence-electron chi connectivity index (χ4n) is 0.431. The van der Waals surface area contributed by atoms with Crippen LogP contribution in [0.2, 0.25) is 0 Å². The van der Waals surface area contributed by atoms with Gasteiger partial charge in [0.15, 0.2) is 4.61 Å². The van der Waals surface area contributed by atoms with Crippen molar-refractivity contribution in [1.29, 1.82) is 0 Å². The van der Waals surface area contributed by atoms with Gasteiger partial charge >= 0.3 is 0 Å². The summed E-state index contributed by atoms with van der Waals surface area (Å²) in [5.41, 5.74) is 5.35. The van der Waals surface area contributed by atoms with Crippen LogP contribution in [-0.2, 0) is 0 Å². The van der Waals surface area contributed by atoms with Gasteiger partial charge in [-0.15, -0.1) is 0 Å². The molecule has 0 radical (unpaired) electrons. The van der Waals surface area contributed by atoms with Crippen molar-refractivity contribution in [1.82, 2.24) is 0 Å². The van der Waals surface area contributed by atoms with Crippen LogP contribution in [0.15, 0.2) is 22.6 Å². The van der Waals surface area contributed by atoms with Crippen molar-refractivity contribution in [3.05, 3.63) is 22.6 Å². The Morgan fingerprint density at radius 1 is 1.57 bits per heavy atom. The number of nitrogens with two attached hydrogens (primary N) is 2. The number of rotatable bonds is 0. The van der Waals surface area contributed by atoms with Crippen molar-refractivity contribution in [2.75, 3.05) is 0 Å². The Labute approximate surface area is 50.2 Å². The minimum Gasteiger partial charge on any atom is -0.355 e. The molecule has 0 aromatic heterocycles. The van der Waals surface area contributed by atoms with Crippen LogP contribution in [-0.4, -0.2) is 0 Å². The second kappa shape index (κ2) is 1.68. The molecule has 1 rings (SSSR count). The molecule has 0 fully saturated rings. The van der Waals surface area contributed by atoms with E-state index in [1.807, 2.05) is 17.5 Å². The summed E-state index contributed by atoms with van der Waals surface area (Å²) in [6.45, 7) is 0. The van der Waals surface area contributed by atoms with Gasteiger partial charge < -0.3 is 5.73 Å². The Morgan fingerprint density at radius 3 is 2.43 bits per heavy atom. The minimum atomic E-state index is 0.812. The highest BCUT2D eigenvalue weighted by Gasteiger charge is 2.03. The number of hydrogen-bond acceptors (Lipinski definition) is 1. The predicted molar refractivity (Wildman–Crippen MR) is 31.2 cm³/mol. The average Bonchev–Trinajstić information content (AvgIpc) is 1.87. The highest BCUT2D eigenvalue weighted by atomic mass is 79.9. The first-order valence-electron chi connectivity index (χ1n) is 1.97. The lowest BCUT2D eigenvalue weighted by molar-refractivity contribution is -0.538. The van der Waals surface area contributed by atoms with Crippen LogP contribution in [0.4, 0.5) is 0 Å². The first kappa shape index (κ1) is 4.87. The van der Waals surface area contributed by atoms with Gasteiger partial charge in [-0.05, 0) is 0 Å². The SMILES string of the molecule is NC1=CC=C(Br)[NH2+]1. The van der Waals surface area contributed by atoms with E-state index in [9.17, 15) is 0 Å². The van der Waals surface area contributed by atoms with Crippen LogP contribution in [0.5, 0.6) is 0 Å². The molecule has 3 heteroatoms. The van der Waals surface area contributed by atoms with Crippen molar-refractivity contribution >= 4 is 15.9 Å². The van der Waals surface area contributed by atoms with Gasteiger partial charge in [-0.1, -0.05) is 0 Å². The summed E-state index contributed by atoms with van der Waals surface area (Å²) in [5, 5.41) is 1.86. The normalized spacial score (nSPS) is 19.0. The van der Waals surface area contributed by atoms with Crippen molar-refractivity contribution < 1.29 is 5.32 Å². The molecule has 2 nitrogen and oxygen atoms in total. The van der Waals surface area contributed by atoms with Gasteiger partial charge in [0.2, 0.25) is 5.82 Å². The number of quaternary nitrogens is 1. The summed E-state index contributed by atoms with van der Waals surface area (Å²) in [4.78, 5) is 0. The molecular weight excluding hydrogens is 156 g/mol. The summed E-state index contributed by atoms with van der Waals surface area (Å²) in [6.07, 6.45) is 3.76. The van der Waals surface area contributed by atoms with E-state index >= 15 is 0 Å². The summed E-state index contributed by atoms with van der Waals surface area (Å²) in [6, 6.07) is 0. The van der Waals surface area contributed by atoms with Gasteiger partial charge in [0.25, 0.3) is 0 Å². The molecule has 38 valence electrons. The molecule has 0 amide bonds. The van der Waals surface area contributed by atoms with Crippen LogP contribution >= 0.6 is 15.9 Å². The lowest BCUT2D eigenvalue weighted by Crippen LogP contribution is -2.79. The maximum Gasteiger partial charge on any atom is 0.201 e. The zero-order valence-electron chi connectivity index (χ0n) is 3.69. The Hall–Kier alpha value is -0.280. The van der Waals surface area contributed by atoms with Crippen LogP contribution in [0, 0.1) is 0 Å². The molecule has 0 unspecified atom stereocenters. The molecule has 0 saturated heterocycles. The number of allylic oxidation sites excluding steroid dienone is 2. The topological polar surface area (TPSA) is 42.6 Å². The third kappa shape index (κ3) is 1.04. The largest absolute Gasteiger partial charge is 0.355 e. The molecule has 1 aliphatic rings. The van der Waals surface area contributed by atoms with E-state index in [4.69, 9.17) is 5.73 Å². The molecule has 0 bridgehead atoms. The maximum absolute atomic E-state index is 5.35. The average molecular weight is 162 g/mol. The van der Waals surface area contributed by atoms with Crippen LogP contribution in [0.25, 0.3) is 0 Å². The van der Waals surface area contributed by atoms with E-state index in [-0.39, 0.29) is 0 Å². The zero-order chi connectivity index (χ0) is 5.28. The predicted octanol–water partition coefficient (Wildman–Crippen LogP) is -0.400. The summed E-state index contributed by atoms with van der Waals surface area (Å²) < 4.78 is 1.05. The highest BCUT2D eigenvalue weighted by Crippen LogP contribution is 1.97. The van der Waals surface area contributed by atoms with Gasteiger partial charge in [0, 0.05) is 28.1 Å². The molecular formula is C4H6BrN2+. The monoisotopic (exact) mass is 161 g/mol. The fourth-order valence-corrected chi connectivity index (χ4v) is 0.828. The Bertz CT molecular complexity index is 121. The van der Waals surface area contributed by atoms with Gasteiger partial charge in [0.1, 0.15) is 0 Å². The standard InChI is InChI=1S/C4H5BrN2/c5-3-1-2-4(6)7-3/h1-2,7H,6H2/p+1. The quantitative estimate of drug-likeness (QED) is 0.467. The number of hydrogen-bond donors (Lipinski definition) is 2. The smallest absolute Gasteiger partial charge is 0.201 e. The van der Waals surface area contributed by atoms with Crippen LogP contribution < -0.4 is 11.1 Å². The lowest BCUT2D eigenvalue weighted by atomic mass is 10.6. The molecule has 0 aromatic carbocycles. The van der Waals surface area contributed by atoms with E-state index in [2.05, 4.69) is 15.9 Å². The third-order valence-corrected chi connectivity index (χ3v) is 1.23. The Morgan fingerprint density at radius 2 is 2.29 bits per heavy atom. The van der Waals surface area contributed by atoms with Crippen molar-refractivity contribution in [2.45, 2.75) is 0 Å². The molecule has 1 heterocycles. The minimum absolute atomic E-state index is 0.812. The van der Waals surface area contributed by atoms with Gasteiger partial charge in [-0.3, -0.25) is 5.32 Å². The second-order valence-electron chi connectivity index (χ2n) is 1.36. The molecule has 7 heavy (non-hydrogen) atoms. The lowest BCUT2D eigenvalue weighted by Gasteiger charge is -1.85. The Kier molecular flexibility index (Phi) is 1.17. The van der Waals surface area contributed by atoms with Gasteiger partial charge in [-0.25, -0.2) is 0 Å². The summed E-state index contributed by atoms with van der Waals surface area (Å²) >= 11 is 3.25. The zero-order valence-corrected chi connectivity index (χ0v) is 5.27. The van der Waals surface area contributed by atoms with E-state index in [1.165, 1.54) is 0 Å².